The molecule has 2 N–H and O–H groups in total. The maximum atomic E-state index is 12.6. The van der Waals surface area contributed by atoms with Crippen LogP contribution in [0.25, 0.3) is 0 Å². The van der Waals surface area contributed by atoms with Gasteiger partial charge in [-0.05, 0) is 44.0 Å². The second-order valence-electron chi connectivity index (χ2n) is 4.96. The van der Waals surface area contributed by atoms with Gasteiger partial charge in [-0.3, -0.25) is 0 Å². The summed E-state index contributed by atoms with van der Waals surface area (Å²) in [6, 6.07) is 5.93. The molecule has 1 aromatic carbocycles. The third-order valence-electron chi connectivity index (χ3n) is 3.42. The fraction of sp³-hybridized carbons (Fsp3) is 0.571. The van der Waals surface area contributed by atoms with Crippen molar-refractivity contribution in [3.8, 4) is 0 Å². The highest BCUT2D eigenvalue weighted by molar-refractivity contribution is 5.25. The standard InChI is InChI=1S/C14H19F3N2/c15-14(16,17)12-4-1-3-11(9-12)10-19-13-5-2-7-18-8-6-13/h1,3-4,9,13,18-19H,2,5-8,10H2. The lowest BCUT2D eigenvalue weighted by molar-refractivity contribution is -0.137. The van der Waals surface area contributed by atoms with Gasteiger partial charge in [0.15, 0.2) is 0 Å². The Bertz CT molecular complexity index is 396. The molecule has 0 amide bonds. The van der Waals surface area contributed by atoms with Gasteiger partial charge in [0.25, 0.3) is 0 Å². The predicted molar refractivity (Wildman–Crippen MR) is 68.8 cm³/mol. The van der Waals surface area contributed by atoms with E-state index in [4.69, 9.17) is 0 Å². The molecular formula is C14H19F3N2. The molecule has 19 heavy (non-hydrogen) atoms. The van der Waals surface area contributed by atoms with Gasteiger partial charge in [-0.25, -0.2) is 0 Å². The molecule has 1 unspecified atom stereocenters. The first-order chi connectivity index (χ1) is 9.05. The summed E-state index contributed by atoms with van der Waals surface area (Å²) in [7, 11) is 0. The van der Waals surface area contributed by atoms with E-state index in [0.717, 1.165) is 38.4 Å². The van der Waals surface area contributed by atoms with E-state index in [0.29, 0.717) is 18.2 Å². The third-order valence-corrected chi connectivity index (χ3v) is 3.42. The number of halogens is 3. The first-order valence-electron chi connectivity index (χ1n) is 6.66. The van der Waals surface area contributed by atoms with E-state index in [1.54, 1.807) is 6.07 Å². The van der Waals surface area contributed by atoms with Crippen molar-refractivity contribution in [2.24, 2.45) is 0 Å². The lowest BCUT2D eigenvalue weighted by atomic mass is 10.1. The maximum absolute atomic E-state index is 12.6. The van der Waals surface area contributed by atoms with Crippen LogP contribution < -0.4 is 10.6 Å². The fourth-order valence-electron chi connectivity index (χ4n) is 2.34. The lowest BCUT2D eigenvalue weighted by Gasteiger charge is -2.16. The summed E-state index contributed by atoms with van der Waals surface area (Å²) in [5.74, 6) is 0. The van der Waals surface area contributed by atoms with Crippen LogP contribution in [-0.4, -0.2) is 19.1 Å². The smallest absolute Gasteiger partial charge is 0.317 e. The van der Waals surface area contributed by atoms with Gasteiger partial charge < -0.3 is 10.6 Å². The number of nitrogens with one attached hydrogen (secondary N) is 2. The Balaban J connectivity index is 1.92. The van der Waals surface area contributed by atoms with Crippen molar-refractivity contribution in [2.75, 3.05) is 13.1 Å². The average Bonchev–Trinajstić information content (AvgIpc) is 2.64. The van der Waals surface area contributed by atoms with Crippen molar-refractivity contribution in [3.63, 3.8) is 0 Å². The highest BCUT2D eigenvalue weighted by Gasteiger charge is 2.30. The topological polar surface area (TPSA) is 24.1 Å². The zero-order chi connectivity index (χ0) is 13.7. The summed E-state index contributed by atoms with van der Waals surface area (Å²) >= 11 is 0. The Kier molecular flexibility index (Phi) is 4.82. The highest BCUT2D eigenvalue weighted by atomic mass is 19.4. The summed E-state index contributed by atoms with van der Waals surface area (Å²) in [6.45, 7) is 2.50. The van der Waals surface area contributed by atoms with Gasteiger partial charge in [0, 0.05) is 12.6 Å². The molecule has 0 radical (unpaired) electrons. The third kappa shape index (κ3) is 4.51. The molecule has 0 saturated carbocycles. The Labute approximate surface area is 111 Å². The maximum Gasteiger partial charge on any atom is 0.416 e. The van der Waals surface area contributed by atoms with Gasteiger partial charge in [-0.1, -0.05) is 18.2 Å². The lowest BCUT2D eigenvalue weighted by Crippen LogP contribution is -2.29. The van der Waals surface area contributed by atoms with Crippen molar-refractivity contribution < 1.29 is 13.2 Å². The van der Waals surface area contributed by atoms with E-state index in [2.05, 4.69) is 10.6 Å². The number of hydrogen-bond acceptors (Lipinski definition) is 2. The molecule has 1 heterocycles. The summed E-state index contributed by atoms with van der Waals surface area (Å²) < 4.78 is 37.8. The monoisotopic (exact) mass is 272 g/mol. The molecule has 1 aliphatic rings. The van der Waals surface area contributed by atoms with Gasteiger partial charge in [-0.15, -0.1) is 0 Å². The van der Waals surface area contributed by atoms with Crippen LogP contribution in [0.5, 0.6) is 0 Å². The molecule has 5 heteroatoms. The second-order valence-corrected chi connectivity index (χ2v) is 4.96. The van der Waals surface area contributed by atoms with Crippen LogP contribution >= 0.6 is 0 Å². The van der Waals surface area contributed by atoms with Crippen LogP contribution in [0.3, 0.4) is 0 Å². The Morgan fingerprint density at radius 2 is 2.05 bits per heavy atom. The summed E-state index contributed by atoms with van der Waals surface area (Å²) in [5, 5.41) is 6.66. The molecule has 1 atom stereocenters. The number of alkyl halides is 3. The predicted octanol–water partition coefficient (Wildman–Crippen LogP) is 2.94. The molecule has 1 fully saturated rings. The summed E-state index contributed by atoms with van der Waals surface area (Å²) in [4.78, 5) is 0. The molecule has 106 valence electrons. The molecular weight excluding hydrogens is 253 g/mol. The van der Waals surface area contributed by atoms with Crippen LogP contribution in [0.2, 0.25) is 0 Å². The van der Waals surface area contributed by atoms with E-state index < -0.39 is 11.7 Å². The summed E-state index contributed by atoms with van der Waals surface area (Å²) in [5.41, 5.74) is 0.112. The first-order valence-corrected chi connectivity index (χ1v) is 6.66. The Hall–Kier alpha value is -1.07. The van der Waals surface area contributed by atoms with Gasteiger partial charge in [-0.2, -0.15) is 13.2 Å². The normalized spacial score (nSPS) is 21.1. The Morgan fingerprint density at radius 3 is 2.84 bits per heavy atom. The zero-order valence-corrected chi connectivity index (χ0v) is 10.8. The molecule has 1 aromatic rings. The average molecular weight is 272 g/mol. The van der Waals surface area contributed by atoms with E-state index >= 15 is 0 Å². The van der Waals surface area contributed by atoms with Crippen LogP contribution in [0.4, 0.5) is 13.2 Å². The van der Waals surface area contributed by atoms with Crippen molar-refractivity contribution in [1.29, 1.82) is 0 Å². The molecule has 0 aromatic heterocycles. The molecule has 0 spiro atoms. The molecule has 0 aliphatic carbocycles. The van der Waals surface area contributed by atoms with Crippen molar-refractivity contribution in [1.82, 2.24) is 10.6 Å². The molecule has 0 bridgehead atoms. The van der Waals surface area contributed by atoms with E-state index in [-0.39, 0.29) is 0 Å². The number of rotatable bonds is 3. The minimum Gasteiger partial charge on any atom is -0.317 e. The quantitative estimate of drug-likeness (QED) is 0.884. The van der Waals surface area contributed by atoms with E-state index in [9.17, 15) is 13.2 Å². The van der Waals surface area contributed by atoms with Crippen LogP contribution in [-0.2, 0) is 12.7 Å². The van der Waals surface area contributed by atoms with Crippen LogP contribution in [0, 0.1) is 0 Å². The van der Waals surface area contributed by atoms with E-state index in [1.807, 2.05) is 0 Å². The van der Waals surface area contributed by atoms with Gasteiger partial charge in [0.05, 0.1) is 5.56 Å². The molecule has 2 nitrogen and oxygen atoms in total. The van der Waals surface area contributed by atoms with Crippen molar-refractivity contribution in [2.45, 2.75) is 38.0 Å². The van der Waals surface area contributed by atoms with Gasteiger partial charge in [0.1, 0.15) is 0 Å². The van der Waals surface area contributed by atoms with Crippen molar-refractivity contribution >= 4 is 0 Å². The molecule has 2 rings (SSSR count). The van der Waals surface area contributed by atoms with Gasteiger partial charge >= 0.3 is 6.18 Å². The van der Waals surface area contributed by atoms with Crippen LogP contribution in [0.1, 0.15) is 30.4 Å². The first kappa shape index (κ1) is 14.3. The minimum absolute atomic E-state index is 0.393. The second kappa shape index (κ2) is 6.39. The molecule has 1 aliphatic heterocycles. The minimum atomic E-state index is -4.26. The molecule has 1 saturated heterocycles. The Morgan fingerprint density at radius 1 is 1.21 bits per heavy atom. The van der Waals surface area contributed by atoms with Gasteiger partial charge in [0.2, 0.25) is 0 Å². The van der Waals surface area contributed by atoms with Crippen molar-refractivity contribution in [3.05, 3.63) is 35.4 Å². The number of hydrogen-bond donors (Lipinski definition) is 2. The highest BCUT2D eigenvalue weighted by Crippen LogP contribution is 2.29. The SMILES string of the molecule is FC(F)(F)c1cccc(CNC2CCCNCC2)c1. The largest absolute Gasteiger partial charge is 0.416 e. The van der Waals surface area contributed by atoms with E-state index in [1.165, 1.54) is 12.1 Å². The number of benzene rings is 1. The van der Waals surface area contributed by atoms with Crippen LogP contribution in [0.15, 0.2) is 24.3 Å². The zero-order valence-electron chi connectivity index (χ0n) is 10.8. The fourth-order valence-corrected chi connectivity index (χ4v) is 2.34. The summed E-state index contributed by atoms with van der Waals surface area (Å²) in [6.07, 6.45) is -1.05.